The van der Waals surface area contributed by atoms with Gasteiger partial charge in [-0.1, -0.05) is 21.9 Å². The SMILES string of the molecule is CC#CCOc1ccc(S(=O)(=O)N2CC(CBr)OC(C)(C)[C@H]2C(O)=S)cc1. The first-order chi connectivity index (χ1) is 12.6. The van der Waals surface area contributed by atoms with Gasteiger partial charge in [0.2, 0.25) is 10.0 Å². The van der Waals surface area contributed by atoms with E-state index in [1.165, 1.54) is 16.4 Å². The number of hydrogen-bond acceptors (Lipinski definition) is 5. The van der Waals surface area contributed by atoms with Crippen LogP contribution in [-0.4, -0.2) is 59.1 Å². The number of alkyl halides is 1. The fraction of sp³-hybridized carbons (Fsp3) is 0.500. The van der Waals surface area contributed by atoms with Gasteiger partial charge in [-0.25, -0.2) is 8.42 Å². The maximum Gasteiger partial charge on any atom is 0.243 e. The molecule has 0 radical (unpaired) electrons. The van der Waals surface area contributed by atoms with E-state index in [1.807, 2.05) is 0 Å². The maximum absolute atomic E-state index is 13.2. The molecule has 148 valence electrons. The normalized spacial score (nSPS) is 22.5. The molecule has 6 nitrogen and oxygen atoms in total. The fourth-order valence-corrected chi connectivity index (χ4v) is 5.52. The minimum atomic E-state index is -3.91. The Hall–Kier alpha value is -1.18. The number of ether oxygens (including phenoxy) is 2. The molecule has 1 aromatic carbocycles. The Bertz CT molecular complexity index is 843. The summed E-state index contributed by atoms with van der Waals surface area (Å²) in [5, 5.41) is 10.1. The second-order valence-corrected chi connectivity index (χ2v) is 9.46. The van der Waals surface area contributed by atoms with Crippen molar-refractivity contribution in [3.63, 3.8) is 0 Å². The van der Waals surface area contributed by atoms with E-state index in [0.29, 0.717) is 11.1 Å². The number of rotatable bonds is 6. The number of aliphatic hydroxyl groups excluding tert-OH is 1. The van der Waals surface area contributed by atoms with Gasteiger partial charge in [0.1, 0.15) is 18.4 Å². The Kier molecular flexibility index (Phi) is 7.27. The van der Waals surface area contributed by atoms with Crippen LogP contribution >= 0.6 is 28.1 Å². The van der Waals surface area contributed by atoms with Gasteiger partial charge < -0.3 is 14.6 Å². The molecule has 0 aromatic heterocycles. The standard InChI is InChI=1S/C18H22BrNO5S2/c1-4-5-10-24-13-6-8-15(9-7-13)27(22,23)20-12-14(11-19)25-18(2,3)16(20)17(21)26/h6-9,14,16H,10-12H2,1-3H3,(H,21,26)/t14?,16-/m1/s1. The van der Waals surface area contributed by atoms with Gasteiger partial charge in [-0.2, -0.15) is 4.31 Å². The first kappa shape index (κ1) is 22.1. The average Bonchev–Trinajstić information content (AvgIpc) is 2.60. The lowest BCUT2D eigenvalue weighted by Crippen LogP contribution is -2.64. The number of halogens is 1. The Morgan fingerprint density at radius 3 is 2.59 bits per heavy atom. The molecule has 1 aromatic rings. The molecule has 2 rings (SSSR count). The molecule has 0 spiro atoms. The Balaban J connectivity index is 2.36. The van der Waals surface area contributed by atoms with E-state index >= 15 is 0 Å². The number of benzene rings is 1. The second kappa shape index (κ2) is 8.88. The molecule has 9 heteroatoms. The van der Waals surface area contributed by atoms with Crippen LogP contribution in [0.3, 0.4) is 0 Å². The largest absolute Gasteiger partial charge is 0.501 e. The zero-order chi connectivity index (χ0) is 20.2. The highest BCUT2D eigenvalue weighted by molar-refractivity contribution is 9.09. The monoisotopic (exact) mass is 475 g/mol. The van der Waals surface area contributed by atoms with Crippen molar-refractivity contribution < 1.29 is 23.0 Å². The van der Waals surface area contributed by atoms with Crippen molar-refractivity contribution >= 4 is 43.2 Å². The summed E-state index contributed by atoms with van der Waals surface area (Å²) in [6, 6.07) is 5.11. The summed E-state index contributed by atoms with van der Waals surface area (Å²) in [4.78, 5) is 0.0868. The summed E-state index contributed by atoms with van der Waals surface area (Å²) in [7, 11) is -3.91. The van der Waals surface area contributed by atoms with Gasteiger partial charge >= 0.3 is 0 Å². The molecule has 2 atom stereocenters. The van der Waals surface area contributed by atoms with Crippen LogP contribution in [0.5, 0.6) is 5.75 Å². The third-order valence-electron chi connectivity index (χ3n) is 4.12. The first-order valence-corrected chi connectivity index (χ1v) is 11.2. The topological polar surface area (TPSA) is 76.1 Å². The fourth-order valence-electron chi connectivity index (χ4n) is 2.96. The molecule has 27 heavy (non-hydrogen) atoms. The summed E-state index contributed by atoms with van der Waals surface area (Å²) < 4.78 is 39.0. The van der Waals surface area contributed by atoms with Gasteiger partial charge in [-0.05, 0) is 57.3 Å². The van der Waals surface area contributed by atoms with E-state index in [1.54, 1.807) is 32.9 Å². The molecule has 0 bridgehead atoms. The lowest BCUT2D eigenvalue weighted by molar-refractivity contribution is -0.124. The molecule has 1 fully saturated rings. The predicted octanol–water partition coefficient (Wildman–Crippen LogP) is 2.91. The van der Waals surface area contributed by atoms with Gasteiger partial charge in [-0.15, -0.1) is 5.92 Å². The van der Waals surface area contributed by atoms with Gasteiger partial charge in [0.15, 0.2) is 5.05 Å². The van der Waals surface area contributed by atoms with E-state index in [4.69, 9.17) is 21.7 Å². The van der Waals surface area contributed by atoms with Crippen LogP contribution in [0.1, 0.15) is 20.8 Å². The minimum Gasteiger partial charge on any atom is -0.501 e. The third kappa shape index (κ3) is 5.00. The number of thiocarbonyl (C=S) groups is 1. The van der Waals surface area contributed by atoms with Crippen LogP contribution in [0.25, 0.3) is 0 Å². The van der Waals surface area contributed by atoms with Crippen LogP contribution in [-0.2, 0) is 14.8 Å². The molecular weight excluding hydrogens is 454 g/mol. The zero-order valence-electron chi connectivity index (χ0n) is 15.3. The lowest BCUT2D eigenvalue weighted by Gasteiger charge is -2.47. The molecule has 1 aliphatic heterocycles. The second-order valence-electron chi connectivity index (χ2n) is 6.50. The Labute approximate surface area is 174 Å². The van der Waals surface area contributed by atoms with Gasteiger partial charge in [0.05, 0.1) is 16.6 Å². The van der Waals surface area contributed by atoms with Crippen molar-refractivity contribution in [3.8, 4) is 17.6 Å². The number of hydrogen-bond donors (Lipinski definition) is 1. The summed E-state index contributed by atoms with van der Waals surface area (Å²) in [5.41, 5.74) is -0.975. The summed E-state index contributed by atoms with van der Waals surface area (Å²) in [6.07, 6.45) is -0.365. The summed E-state index contributed by atoms with van der Waals surface area (Å²) >= 11 is 8.28. The molecule has 0 amide bonds. The van der Waals surface area contributed by atoms with Crippen molar-refractivity contribution in [3.05, 3.63) is 24.3 Å². The summed E-state index contributed by atoms with van der Waals surface area (Å²) in [5.74, 6) is 6.01. The molecular formula is C18H22BrNO5S2. The minimum absolute atomic E-state index is 0.0761. The van der Waals surface area contributed by atoms with Gasteiger partial charge in [-0.3, -0.25) is 0 Å². The number of sulfonamides is 1. The Morgan fingerprint density at radius 1 is 1.44 bits per heavy atom. The van der Waals surface area contributed by atoms with Gasteiger partial charge in [0, 0.05) is 11.9 Å². The first-order valence-electron chi connectivity index (χ1n) is 8.24. The quantitative estimate of drug-likeness (QED) is 0.387. The molecule has 1 saturated heterocycles. The van der Waals surface area contributed by atoms with E-state index in [0.717, 1.165) is 0 Å². The van der Waals surface area contributed by atoms with Crippen LogP contribution < -0.4 is 4.74 Å². The van der Waals surface area contributed by atoms with Crippen molar-refractivity contribution in [1.29, 1.82) is 0 Å². The number of nitrogens with zero attached hydrogens (tertiary/aromatic N) is 1. The van der Waals surface area contributed by atoms with Crippen molar-refractivity contribution in [2.24, 2.45) is 0 Å². The number of aliphatic hydroxyl groups is 1. The Morgan fingerprint density at radius 2 is 2.07 bits per heavy atom. The zero-order valence-corrected chi connectivity index (χ0v) is 18.5. The molecule has 1 N–H and O–H groups in total. The van der Waals surface area contributed by atoms with E-state index in [-0.39, 0.29) is 24.2 Å². The van der Waals surface area contributed by atoms with Crippen molar-refractivity contribution in [2.45, 2.75) is 43.4 Å². The average molecular weight is 476 g/mol. The van der Waals surface area contributed by atoms with Crippen LogP contribution in [0.4, 0.5) is 0 Å². The van der Waals surface area contributed by atoms with Crippen molar-refractivity contribution in [1.82, 2.24) is 4.31 Å². The highest BCUT2D eigenvalue weighted by atomic mass is 79.9. The van der Waals surface area contributed by atoms with Crippen molar-refractivity contribution in [2.75, 3.05) is 18.5 Å². The number of morpholine rings is 1. The molecule has 1 unspecified atom stereocenters. The smallest absolute Gasteiger partial charge is 0.243 e. The van der Waals surface area contributed by atoms with Crippen LogP contribution in [0.15, 0.2) is 29.2 Å². The van der Waals surface area contributed by atoms with E-state index in [2.05, 4.69) is 27.8 Å². The molecule has 1 aliphatic rings. The highest BCUT2D eigenvalue weighted by Gasteiger charge is 2.49. The highest BCUT2D eigenvalue weighted by Crippen LogP contribution is 2.34. The molecule has 1 heterocycles. The maximum atomic E-state index is 13.2. The van der Waals surface area contributed by atoms with Gasteiger partial charge in [0.25, 0.3) is 0 Å². The third-order valence-corrected chi connectivity index (χ3v) is 6.92. The van der Waals surface area contributed by atoms with Crippen LogP contribution in [0.2, 0.25) is 0 Å². The molecule has 0 saturated carbocycles. The van der Waals surface area contributed by atoms with Crippen LogP contribution in [0, 0.1) is 11.8 Å². The summed E-state index contributed by atoms with van der Waals surface area (Å²) in [6.45, 7) is 5.44. The van der Waals surface area contributed by atoms with E-state index in [9.17, 15) is 13.5 Å². The predicted molar refractivity (Wildman–Crippen MR) is 111 cm³/mol. The lowest BCUT2D eigenvalue weighted by atomic mass is 9.96. The molecule has 0 aliphatic carbocycles. The van der Waals surface area contributed by atoms with E-state index < -0.39 is 26.7 Å².